The third kappa shape index (κ3) is 6.38. The van der Waals surface area contributed by atoms with Gasteiger partial charge in [-0.25, -0.2) is 8.42 Å². The Morgan fingerprint density at radius 2 is 1.76 bits per heavy atom. The molecule has 1 N–H and O–H groups in total. The number of rotatable bonds is 10. The van der Waals surface area contributed by atoms with Gasteiger partial charge in [-0.2, -0.15) is 4.31 Å². The van der Waals surface area contributed by atoms with Gasteiger partial charge in [0, 0.05) is 11.9 Å². The van der Waals surface area contributed by atoms with E-state index in [4.69, 9.17) is 9.47 Å². The summed E-state index contributed by atoms with van der Waals surface area (Å²) in [5.41, 5.74) is 0. The van der Waals surface area contributed by atoms with Crippen LogP contribution >= 0.6 is 11.8 Å². The maximum absolute atomic E-state index is 12.6. The Kier molecular flexibility index (Phi) is 8.36. The summed E-state index contributed by atoms with van der Waals surface area (Å²) in [7, 11) is -0.807. The standard InChI is InChI=1S/C20H26N2O5S2/c1-15(14-27-19-8-6-5-7-18(19)26-3)21-20(23)13-22(2)29(24,25)17-11-9-16(28-4)10-12-17/h5-12,15H,13-14H2,1-4H3,(H,21,23)/t15-/m0/s1. The molecule has 2 aromatic rings. The summed E-state index contributed by atoms with van der Waals surface area (Å²) < 4.78 is 37.2. The second-order valence-electron chi connectivity index (χ2n) is 6.37. The number of methoxy groups -OCH3 is 1. The number of nitrogens with zero attached hydrogens (tertiary/aromatic N) is 1. The van der Waals surface area contributed by atoms with E-state index in [1.807, 2.05) is 18.4 Å². The highest BCUT2D eigenvalue weighted by Gasteiger charge is 2.23. The third-order valence-corrected chi connectivity index (χ3v) is 6.66. The first-order valence-electron chi connectivity index (χ1n) is 8.93. The van der Waals surface area contributed by atoms with Crippen molar-refractivity contribution in [3.8, 4) is 11.5 Å². The molecule has 2 rings (SSSR count). The second kappa shape index (κ2) is 10.5. The highest BCUT2D eigenvalue weighted by Crippen LogP contribution is 2.25. The van der Waals surface area contributed by atoms with Crippen molar-refractivity contribution in [1.29, 1.82) is 0 Å². The number of thioether (sulfide) groups is 1. The minimum Gasteiger partial charge on any atom is -0.493 e. The van der Waals surface area contributed by atoms with Gasteiger partial charge >= 0.3 is 0 Å². The molecule has 0 aromatic heterocycles. The number of hydrogen-bond donors (Lipinski definition) is 1. The summed E-state index contributed by atoms with van der Waals surface area (Å²) >= 11 is 1.53. The average Bonchev–Trinajstić information content (AvgIpc) is 2.72. The monoisotopic (exact) mass is 438 g/mol. The minimum atomic E-state index is -3.74. The summed E-state index contributed by atoms with van der Waals surface area (Å²) in [6.07, 6.45) is 1.92. The SMILES string of the molecule is COc1ccccc1OC[C@H](C)NC(=O)CN(C)S(=O)(=O)c1ccc(SC)cc1. The Bertz CT molecular complexity index is 917. The number of nitrogens with one attached hydrogen (secondary N) is 1. The lowest BCUT2D eigenvalue weighted by Crippen LogP contribution is -2.43. The van der Waals surface area contributed by atoms with E-state index in [1.165, 1.54) is 18.8 Å². The number of para-hydroxylation sites is 2. The number of hydrogen-bond acceptors (Lipinski definition) is 6. The molecule has 0 saturated carbocycles. The van der Waals surface area contributed by atoms with Crippen LogP contribution in [0.4, 0.5) is 0 Å². The van der Waals surface area contributed by atoms with Crippen molar-refractivity contribution in [3.05, 3.63) is 48.5 Å². The van der Waals surface area contributed by atoms with Crippen molar-refractivity contribution in [2.45, 2.75) is 22.8 Å². The smallest absolute Gasteiger partial charge is 0.243 e. The van der Waals surface area contributed by atoms with Gasteiger partial charge in [-0.1, -0.05) is 12.1 Å². The van der Waals surface area contributed by atoms with E-state index < -0.39 is 15.9 Å². The van der Waals surface area contributed by atoms with Gasteiger partial charge in [0.1, 0.15) is 6.61 Å². The van der Waals surface area contributed by atoms with Crippen LogP contribution in [0.15, 0.2) is 58.3 Å². The van der Waals surface area contributed by atoms with Gasteiger partial charge in [0.15, 0.2) is 11.5 Å². The second-order valence-corrected chi connectivity index (χ2v) is 9.29. The van der Waals surface area contributed by atoms with Crippen molar-refractivity contribution in [2.24, 2.45) is 0 Å². The van der Waals surface area contributed by atoms with E-state index in [0.717, 1.165) is 9.20 Å². The summed E-state index contributed by atoms with van der Waals surface area (Å²) in [6.45, 7) is 1.72. The zero-order valence-electron chi connectivity index (χ0n) is 16.9. The Morgan fingerprint density at radius 1 is 1.14 bits per heavy atom. The van der Waals surface area contributed by atoms with Gasteiger partial charge < -0.3 is 14.8 Å². The van der Waals surface area contributed by atoms with Crippen molar-refractivity contribution in [3.63, 3.8) is 0 Å². The molecule has 1 amide bonds. The number of benzene rings is 2. The number of amides is 1. The Hall–Kier alpha value is -2.23. The van der Waals surface area contributed by atoms with Crippen LogP contribution in [0.3, 0.4) is 0 Å². The molecule has 0 aliphatic carbocycles. The van der Waals surface area contributed by atoms with Crippen LogP contribution in [0, 0.1) is 0 Å². The van der Waals surface area contributed by atoms with Crippen LogP contribution in [0.5, 0.6) is 11.5 Å². The zero-order valence-corrected chi connectivity index (χ0v) is 18.5. The van der Waals surface area contributed by atoms with Gasteiger partial charge in [0.25, 0.3) is 0 Å². The number of carbonyl (C=O) groups is 1. The van der Waals surface area contributed by atoms with Crippen LogP contribution in [-0.4, -0.2) is 58.2 Å². The molecule has 9 heteroatoms. The number of carbonyl (C=O) groups excluding carboxylic acids is 1. The molecule has 0 radical (unpaired) electrons. The fraction of sp³-hybridized carbons (Fsp3) is 0.350. The molecule has 0 bridgehead atoms. The Balaban J connectivity index is 1.89. The van der Waals surface area contributed by atoms with Gasteiger partial charge in [-0.05, 0) is 49.6 Å². The number of sulfonamides is 1. The Labute approximate surface area is 176 Å². The van der Waals surface area contributed by atoms with E-state index in [0.29, 0.717) is 11.5 Å². The van der Waals surface area contributed by atoms with Gasteiger partial charge in [0.2, 0.25) is 15.9 Å². The highest BCUT2D eigenvalue weighted by atomic mass is 32.2. The van der Waals surface area contributed by atoms with E-state index in [9.17, 15) is 13.2 Å². The van der Waals surface area contributed by atoms with Crippen molar-refractivity contribution < 1.29 is 22.7 Å². The van der Waals surface area contributed by atoms with E-state index in [1.54, 1.807) is 50.4 Å². The molecule has 29 heavy (non-hydrogen) atoms. The molecule has 0 fully saturated rings. The summed E-state index contributed by atoms with van der Waals surface area (Å²) in [6, 6.07) is 13.5. The lowest BCUT2D eigenvalue weighted by molar-refractivity contribution is -0.121. The van der Waals surface area contributed by atoms with Crippen LogP contribution in [0.1, 0.15) is 6.92 Å². The molecule has 0 spiro atoms. The first-order chi connectivity index (χ1) is 13.8. The molecule has 158 valence electrons. The topological polar surface area (TPSA) is 84.9 Å². The first kappa shape index (κ1) is 23.1. The maximum atomic E-state index is 12.6. The molecule has 0 heterocycles. The summed E-state index contributed by atoms with van der Waals surface area (Å²) in [4.78, 5) is 13.4. The highest BCUT2D eigenvalue weighted by molar-refractivity contribution is 7.98. The van der Waals surface area contributed by atoms with Gasteiger partial charge in [-0.3, -0.25) is 4.79 Å². The van der Waals surface area contributed by atoms with Gasteiger partial charge in [-0.15, -0.1) is 11.8 Å². The molecule has 0 aliphatic heterocycles. The maximum Gasteiger partial charge on any atom is 0.243 e. The zero-order chi connectivity index (χ0) is 21.4. The lowest BCUT2D eigenvalue weighted by atomic mass is 10.3. The molecule has 0 saturated heterocycles. The van der Waals surface area contributed by atoms with E-state index >= 15 is 0 Å². The van der Waals surface area contributed by atoms with Crippen molar-refractivity contribution in [2.75, 3.05) is 33.6 Å². The van der Waals surface area contributed by atoms with Crippen LogP contribution in [0.2, 0.25) is 0 Å². The summed E-state index contributed by atoms with van der Waals surface area (Å²) in [5, 5.41) is 2.75. The van der Waals surface area contributed by atoms with Crippen molar-refractivity contribution in [1.82, 2.24) is 9.62 Å². The molecule has 0 aliphatic rings. The quantitative estimate of drug-likeness (QED) is 0.574. The molecule has 2 aromatic carbocycles. The Morgan fingerprint density at radius 3 is 2.34 bits per heavy atom. The number of ether oxygens (including phenoxy) is 2. The number of likely N-dealkylation sites (N-methyl/N-ethyl adjacent to an activating group) is 1. The molecule has 0 unspecified atom stereocenters. The predicted molar refractivity (Wildman–Crippen MR) is 114 cm³/mol. The first-order valence-corrected chi connectivity index (χ1v) is 11.6. The molecule has 7 nitrogen and oxygen atoms in total. The molecule has 1 atom stereocenters. The van der Waals surface area contributed by atoms with E-state index in [-0.39, 0.29) is 24.1 Å². The van der Waals surface area contributed by atoms with Crippen LogP contribution < -0.4 is 14.8 Å². The normalized spacial score (nSPS) is 12.4. The van der Waals surface area contributed by atoms with Gasteiger partial charge in [0.05, 0.1) is 24.6 Å². The van der Waals surface area contributed by atoms with E-state index in [2.05, 4.69) is 5.32 Å². The predicted octanol–water partition coefficient (Wildman–Crippen LogP) is 2.62. The van der Waals surface area contributed by atoms with Crippen LogP contribution in [-0.2, 0) is 14.8 Å². The largest absolute Gasteiger partial charge is 0.493 e. The molecular formula is C20H26N2O5S2. The fourth-order valence-corrected chi connectivity index (χ4v) is 4.07. The minimum absolute atomic E-state index is 0.151. The van der Waals surface area contributed by atoms with Crippen LogP contribution in [0.25, 0.3) is 0 Å². The third-order valence-electron chi connectivity index (χ3n) is 4.10. The lowest BCUT2D eigenvalue weighted by Gasteiger charge is -2.20. The van der Waals surface area contributed by atoms with Crippen molar-refractivity contribution >= 4 is 27.7 Å². The average molecular weight is 439 g/mol. The summed E-state index contributed by atoms with van der Waals surface area (Å²) in [5.74, 6) is 0.766. The molecular weight excluding hydrogens is 412 g/mol. The fourth-order valence-electron chi connectivity index (χ4n) is 2.53.